The summed E-state index contributed by atoms with van der Waals surface area (Å²) < 4.78 is 10.6. The Morgan fingerprint density at radius 3 is 2.28 bits per heavy atom. The van der Waals surface area contributed by atoms with Crippen LogP contribution in [0, 0.1) is 5.92 Å². The predicted molar refractivity (Wildman–Crippen MR) is 80.3 cm³/mol. The minimum atomic E-state index is 0.227. The third-order valence-corrected chi connectivity index (χ3v) is 4.77. The first-order valence-corrected chi connectivity index (χ1v) is 7.39. The fourth-order valence-electron chi connectivity index (χ4n) is 1.99. The Morgan fingerprint density at radius 1 is 1.22 bits per heavy atom. The van der Waals surface area contributed by atoms with Crippen LogP contribution >= 0.6 is 27.5 Å². The average Bonchev–Trinajstić information content (AvgIpc) is 2.37. The normalized spacial score (nSPS) is 14.1. The van der Waals surface area contributed by atoms with Crippen LogP contribution in [-0.2, 0) is 0 Å². The van der Waals surface area contributed by atoms with Crippen molar-refractivity contribution in [1.29, 1.82) is 0 Å². The van der Waals surface area contributed by atoms with Crippen LogP contribution in [-0.4, -0.2) is 14.2 Å². The van der Waals surface area contributed by atoms with Crippen LogP contribution in [0.15, 0.2) is 12.1 Å². The van der Waals surface area contributed by atoms with Crippen molar-refractivity contribution in [3.63, 3.8) is 0 Å². The van der Waals surface area contributed by atoms with E-state index in [2.05, 4.69) is 29.8 Å². The molecule has 0 spiro atoms. The summed E-state index contributed by atoms with van der Waals surface area (Å²) in [5.74, 6) is 1.89. The second kappa shape index (κ2) is 7.25. The van der Waals surface area contributed by atoms with Gasteiger partial charge in [-0.2, -0.15) is 0 Å². The van der Waals surface area contributed by atoms with Gasteiger partial charge in [-0.25, -0.2) is 0 Å². The smallest absolute Gasteiger partial charge is 0.162 e. The molecule has 0 radical (unpaired) electrons. The Bertz CT molecular complexity index is 396. The Balaban J connectivity index is 3.08. The molecule has 0 fully saturated rings. The molecule has 0 aliphatic rings. The number of hydrogen-bond acceptors (Lipinski definition) is 2. The minimum absolute atomic E-state index is 0.227. The molecule has 0 heterocycles. The van der Waals surface area contributed by atoms with E-state index in [1.165, 1.54) is 0 Å². The molecule has 0 amide bonds. The van der Waals surface area contributed by atoms with Crippen molar-refractivity contribution in [2.45, 2.75) is 31.5 Å². The van der Waals surface area contributed by atoms with Gasteiger partial charge in [0, 0.05) is 15.9 Å². The summed E-state index contributed by atoms with van der Waals surface area (Å²) in [6.45, 7) is 4.41. The van der Waals surface area contributed by atoms with E-state index in [0.29, 0.717) is 22.4 Å². The number of hydrogen-bond donors (Lipinski definition) is 0. The van der Waals surface area contributed by atoms with E-state index in [4.69, 9.17) is 21.1 Å². The van der Waals surface area contributed by atoms with Gasteiger partial charge in [0.2, 0.25) is 0 Å². The van der Waals surface area contributed by atoms with E-state index in [0.717, 1.165) is 18.4 Å². The SMILES string of the molecule is CCCC(C)C(Br)c1cc(OC)c(OC)cc1Cl. The molecular formula is C14H20BrClO2. The maximum Gasteiger partial charge on any atom is 0.162 e. The van der Waals surface area contributed by atoms with Crippen LogP contribution in [0.4, 0.5) is 0 Å². The minimum Gasteiger partial charge on any atom is -0.493 e. The number of ether oxygens (including phenoxy) is 2. The summed E-state index contributed by atoms with van der Waals surface area (Å²) in [5.41, 5.74) is 1.05. The Labute approximate surface area is 123 Å². The summed E-state index contributed by atoms with van der Waals surface area (Å²) in [6.07, 6.45) is 2.31. The maximum absolute atomic E-state index is 6.31. The molecule has 1 aromatic rings. The summed E-state index contributed by atoms with van der Waals surface area (Å²) in [6, 6.07) is 3.76. The Hall–Kier alpha value is -0.410. The summed E-state index contributed by atoms with van der Waals surface area (Å²) in [5, 5.41) is 0.706. The third kappa shape index (κ3) is 3.55. The average molecular weight is 336 g/mol. The van der Waals surface area contributed by atoms with Gasteiger partial charge in [-0.15, -0.1) is 0 Å². The number of halogens is 2. The largest absolute Gasteiger partial charge is 0.493 e. The summed E-state index contributed by atoms with van der Waals surface area (Å²) in [7, 11) is 3.24. The van der Waals surface area contributed by atoms with Gasteiger partial charge in [0.1, 0.15) is 0 Å². The van der Waals surface area contributed by atoms with Crippen molar-refractivity contribution in [2.75, 3.05) is 14.2 Å². The molecule has 0 bridgehead atoms. The van der Waals surface area contributed by atoms with Gasteiger partial charge in [0.25, 0.3) is 0 Å². The number of methoxy groups -OCH3 is 2. The van der Waals surface area contributed by atoms with Crippen molar-refractivity contribution < 1.29 is 9.47 Å². The van der Waals surface area contributed by atoms with E-state index < -0.39 is 0 Å². The molecule has 1 rings (SSSR count). The van der Waals surface area contributed by atoms with Gasteiger partial charge in [0.05, 0.1) is 14.2 Å². The van der Waals surface area contributed by atoms with Crippen LogP contribution in [0.3, 0.4) is 0 Å². The highest BCUT2D eigenvalue weighted by Gasteiger charge is 2.20. The van der Waals surface area contributed by atoms with Gasteiger partial charge in [-0.3, -0.25) is 0 Å². The quantitative estimate of drug-likeness (QED) is 0.663. The van der Waals surface area contributed by atoms with Crippen LogP contribution in [0.5, 0.6) is 11.5 Å². The fraction of sp³-hybridized carbons (Fsp3) is 0.571. The van der Waals surface area contributed by atoms with Gasteiger partial charge in [-0.1, -0.05) is 47.8 Å². The van der Waals surface area contributed by atoms with Gasteiger partial charge < -0.3 is 9.47 Å². The van der Waals surface area contributed by atoms with E-state index >= 15 is 0 Å². The summed E-state index contributed by atoms with van der Waals surface area (Å²) >= 11 is 10.0. The van der Waals surface area contributed by atoms with Crippen molar-refractivity contribution >= 4 is 27.5 Å². The highest BCUT2D eigenvalue weighted by molar-refractivity contribution is 9.09. The first kappa shape index (κ1) is 15.6. The molecule has 2 nitrogen and oxygen atoms in total. The zero-order valence-electron chi connectivity index (χ0n) is 11.3. The molecule has 0 saturated carbocycles. The van der Waals surface area contributed by atoms with Crippen LogP contribution in [0.25, 0.3) is 0 Å². The van der Waals surface area contributed by atoms with Crippen molar-refractivity contribution in [3.05, 3.63) is 22.7 Å². The standard InChI is InChI=1S/C14H20BrClO2/c1-5-6-9(2)14(15)10-7-12(17-3)13(18-4)8-11(10)16/h7-9,14H,5-6H2,1-4H3. The lowest BCUT2D eigenvalue weighted by Crippen LogP contribution is -2.05. The Morgan fingerprint density at radius 2 is 1.78 bits per heavy atom. The van der Waals surface area contributed by atoms with Gasteiger partial charge in [0.15, 0.2) is 11.5 Å². The van der Waals surface area contributed by atoms with Crippen molar-refractivity contribution in [2.24, 2.45) is 5.92 Å². The number of benzene rings is 1. The lowest BCUT2D eigenvalue weighted by Gasteiger charge is -2.20. The van der Waals surface area contributed by atoms with E-state index in [9.17, 15) is 0 Å². The topological polar surface area (TPSA) is 18.5 Å². The molecule has 0 aliphatic carbocycles. The molecule has 2 unspecified atom stereocenters. The zero-order chi connectivity index (χ0) is 13.7. The second-order valence-corrected chi connectivity index (χ2v) is 5.79. The van der Waals surface area contributed by atoms with Gasteiger partial charge >= 0.3 is 0 Å². The predicted octanol–water partition coefficient (Wildman–Crippen LogP) is 5.23. The van der Waals surface area contributed by atoms with Crippen LogP contribution < -0.4 is 9.47 Å². The summed E-state index contributed by atoms with van der Waals surface area (Å²) in [4.78, 5) is 0.227. The first-order chi connectivity index (χ1) is 8.54. The van der Waals surface area contributed by atoms with Gasteiger partial charge in [-0.05, 0) is 24.0 Å². The fourth-order valence-corrected chi connectivity index (χ4v) is 3.04. The van der Waals surface area contributed by atoms with Crippen molar-refractivity contribution in [3.8, 4) is 11.5 Å². The Kier molecular flexibility index (Phi) is 6.30. The molecule has 102 valence electrons. The molecular weight excluding hydrogens is 316 g/mol. The monoisotopic (exact) mass is 334 g/mol. The molecule has 4 heteroatoms. The van der Waals surface area contributed by atoms with E-state index in [-0.39, 0.29) is 4.83 Å². The molecule has 0 N–H and O–H groups in total. The van der Waals surface area contributed by atoms with E-state index in [1.807, 2.05) is 12.1 Å². The molecule has 0 aromatic heterocycles. The molecule has 0 saturated heterocycles. The highest BCUT2D eigenvalue weighted by Crippen LogP contribution is 2.42. The lowest BCUT2D eigenvalue weighted by molar-refractivity contribution is 0.354. The van der Waals surface area contributed by atoms with Crippen LogP contribution in [0.1, 0.15) is 37.1 Å². The maximum atomic E-state index is 6.31. The third-order valence-electron chi connectivity index (χ3n) is 3.04. The number of rotatable bonds is 6. The highest BCUT2D eigenvalue weighted by atomic mass is 79.9. The van der Waals surface area contributed by atoms with E-state index in [1.54, 1.807) is 14.2 Å². The molecule has 1 aromatic carbocycles. The first-order valence-electron chi connectivity index (χ1n) is 6.10. The lowest BCUT2D eigenvalue weighted by atomic mass is 9.96. The molecule has 18 heavy (non-hydrogen) atoms. The second-order valence-electron chi connectivity index (χ2n) is 4.40. The van der Waals surface area contributed by atoms with Crippen molar-refractivity contribution in [1.82, 2.24) is 0 Å². The molecule has 0 aliphatic heterocycles. The van der Waals surface area contributed by atoms with Crippen LogP contribution in [0.2, 0.25) is 5.02 Å². The number of alkyl halides is 1. The molecule has 2 atom stereocenters. The zero-order valence-corrected chi connectivity index (χ0v) is 13.6.